The molecule has 4 aromatic rings. The van der Waals surface area contributed by atoms with E-state index in [4.69, 9.17) is 0 Å². The van der Waals surface area contributed by atoms with E-state index in [1.165, 1.54) is 12.1 Å². The van der Waals surface area contributed by atoms with Gasteiger partial charge in [0.05, 0.1) is 11.8 Å². The number of halogens is 3. The van der Waals surface area contributed by atoms with Crippen LogP contribution in [0.5, 0.6) is 5.75 Å². The summed E-state index contributed by atoms with van der Waals surface area (Å²) < 4.78 is 43.1. The zero-order chi connectivity index (χ0) is 29.6. The van der Waals surface area contributed by atoms with Crippen LogP contribution in [-0.2, 0) is 27.2 Å². The topological polar surface area (TPSA) is 125 Å². The molecule has 2 amide bonds. The first kappa shape index (κ1) is 27.5. The van der Waals surface area contributed by atoms with Crippen molar-refractivity contribution in [3.8, 4) is 5.75 Å². The Bertz CT molecular complexity index is 1670. The Morgan fingerprint density at radius 3 is 2.57 bits per heavy atom. The number of nitrogens with one attached hydrogen (secondary N) is 2. The van der Waals surface area contributed by atoms with Gasteiger partial charge in [0.25, 0.3) is 0 Å². The van der Waals surface area contributed by atoms with Crippen molar-refractivity contribution in [2.45, 2.75) is 30.8 Å². The summed E-state index contributed by atoms with van der Waals surface area (Å²) in [6.45, 7) is -0.0194. The fourth-order valence-corrected chi connectivity index (χ4v) is 6.26. The quantitative estimate of drug-likeness (QED) is 0.270. The molecule has 2 fully saturated rings. The summed E-state index contributed by atoms with van der Waals surface area (Å²) in [7, 11) is 0. The number of likely N-dealkylation sites (tertiary alicyclic amines) is 1. The van der Waals surface area contributed by atoms with E-state index in [9.17, 15) is 32.7 Å². The lowest BCUT2D eigenvalue weighted by Crippen LogP contribution is -2.57. The zero-order valence-electron chi connectivity index (χ0n) is 22.0. The number of carbonyl (C=O) groups is 3. The van der Waals surface area contributed by atoms with E-state index in [-0.39, 0.29) is 24.9 Å². The maximum absolute atomic E-state index is 14.0. The van der Waals surface area contributed by atoms with E-state index >= 15 is 0 Å². The minimum absolute atomic E-state index is 0.0194. The van der Waals surface area contributed by atoms with Crippen molar-refractivity contribution in [1.29, 1.82) is 0 Å². The molecule has 0 spiro atoms. The van der Waals surface area contributed by atoms with Crippen molar-refractivity contribution in [3.63, 3.8) is 0 Å². The van der Waals surface area contributed by atoms with Gasteiger partial charge in [-0.3, -0.25) is 29.6 Å². The lowest BCUT2D eigenvalue weighted by Gasteiger charge is -2.31. The minimum atomic E-state index is -4.95. The average Bonchev–Trinajstić information content (AvgIpc) is 3.60. The molecular weight excluding hydrogens is 553 g/mol. The molecule has 0 bridgehead atoms. The number of alkyl halides is 3. The van der Waals surface area contributed by atoms with Gasteiger partial charge in [-0.1, -0.05) is 36.4 Å². The van der Waals surface area contributed by atoms with Crippen LogP contribution >= 0.6 is 0 Å². The highest BCUT2D eigenvalue weighted by atomic mass is 19.4. The van der Waals surface area contributed by atoms with Crippen LogP contribution in [0.1, 0.15) is 22.9 Å². The summed E-state index contributed by atoms with van der Waals surface area (Å²) in [4.78, 5) is 49.4. The number of aromatic amines is 1. The number of nitrogens with zero attached hydrogens (tertiary/aromatic N) is 2. The van der Waals surface area contributed by atoms with Gasteiger partial charge in [0, 0.05) is 54.4 Å². The average molecular weight is 579 g/mol. The first-order valence-corrected chi connectivity index (χ1v) is 13.2. The van der Waals surface area contributed by atoms with Gasteiger partial charge in [0.15, 0.2) is 0 Å². The normalized spacial score (nSPS) is 23.9. The van der Waals surface area contributed by atoms with E-state index in [1.54, 1.807) is 36.7 Å². The van der Waals surface area contributed by atoms with Gasteiger partial charge in [-0.2, -0.15) is 0 Å². The molecule has 9 nitrogen and oxygen atoms in total. The number of hydrogen-bond donors (Lipinski definition) is 3. The summed E-state index contributed by atoms with van der Waals surface area (Å²) in [5, 5.41) is 14.5. The second-order valence-corrected chi connectivity index (χ2v) is 10.5. The minimum Gasteiger partial charge on any atom is -0.480 e. The molecule has 0 saturated carbocycles. The van der Waals surface area contributed by atoms with Crippen molar-refractivity contribution in [1.82, 2.24) is 20.2 Å². The van der Waals surface area contributed by atoms with Crippen LogP contribution < -0.4 is 10.1 Å². The Labute approximate surface area is 237 Å². The smallest absolute Gasteiger partial charge is 0.480 e. The van der Waals surface area contributed by atoms with Gasteiger partial charge in [0.1, 0.15) is 11.3 Å². The third-order valence-electron chi connectivity index (χ3n) is 8.04. The first-order chi connectivity index (χ1) is 20.1. The number of carboxylic acids is 1. The molecule has 0 radical (unpaired) electrons. The summed E-state index contributed by atoms with van der Waals surface area (Å²) in [6, 6.07) is 16.5. The van der Waals surface area contributed by atoms with E-state index in [2.05, 4.69) is 20.0 Å². The van der Waals surface area contributed by atoms with Crippen molar-refractivity contribution < 1.29 is 37.4 Å². The van der Waals surface area contributed by atoms with Gasteiger partial charge in [0.2, 0.25) is 11.8 Å². The number of pyridine rings is 1. The van der Waals surface area contributed by atoms with Crippen molar-refractivity contribution in [2.24, 2.45) is 11.8 Å². The molecule has 4 atom stereocenters. The van der Waals surface area contributed by atoms with Gasteiger partial charge in [-0.25, -0.2) is 0 Å². The van der Waals surface area contributed by atoms with Crippen LogP contribution in [0.2, 0.25) is 0 Å². The third kappa shape index (κ3) is 4.77. The number of fused-ring (bicyclic) bond motifs is 2. The Morgan fingerprint density at radius 1 is 1.05 bits per heavy atom. The largest absolute Gasteiger partial charge is 0.573 e. The Morgan fingerprint density at radius 2 is 1.83 bits per heavy atom. The molecule has 2 saturated heterocycles. The number of rotatable bonds is 8. The molecular formula is C30H25F3N4O5. The number of benzene rings is 2. The third-order valence-corrected chi connectivity index (χ3v) is 8.04. The second-order valence-electron chi connectivity index (χ2n) is 10.5. The summed E-state index contributed by atoms with van der Waals surface area (Å²) in [5.74, 6) is -5.61. The van der Waals surface area contributed by atoms with Crippen molar-refractivity contribution in [3.05, 3.63) is 95.9 Å². The molecule has 2 aromatic heterocycles. The maximum atomic E-state index is 14.0. The lowest BCUT2D eigenvalue weighted by molar-refractivity contribution is -0.274. The molecule has 42 heavy (non-hydrogen) atoms. The van der Waals surface area contributed by atoms with E-state index in [1.807, 2.05) is 18.2 Å². The first-order valence-electron chi connectivity index (χ1n) is 13.2. The van der Waals surface area contributed by atoms with Crippen LogP contribution in [-0.4, -0.2) is 56.2 Å². The molecule has 2 aromatic carbocycles. The van der Waals surface area contributed by atoms with Crippen LogP contribution in [0.25, 0.3) is 10.9 Å². The summed E-state index contributed by atoms with van der Waals surface area (Å²) >= 11 is 0. The fraction of sp³-hybridized carbons (Fsp3) is 0.267. The summed E-state index contributed by atoms with van der Waals surface area (Å²) in [5.41, 5.74) is 0.281. The van der Waals surface area contributed by atoms with Gasteiger partial charge >= 0.3 is 12.3 Å². The lowest BCUT2D eigenvalue weighted by atomic mass is 9.76. The molecule has 2 aliphatic heterocycles. The Hall–Kier alpha value is -4.71. The standard InChI is InChI=1S/C30H25F3N4O5/c31-30(32,33)42-20-8-5-6-17(14-20)25-23-24(27(39)37(26(23)38)13-11-19-7-3-4-12-34-19)29(36-25,28(40)41)15-18-16-35-22-10-2-1-9-21(18)22/h1-10,12,14,16,23-25,35-36H,11,13,15H2,(H,40,41). The Balaban J connectivity index is 1.42. The predicted molar refractivity (Wildman–Crippen MR) is 143 cm³/mol. The van der Waals surface area contributed by atoms with E-state index < -0.39 is 53.3 Å². The van der Waals surface area contributed by atoms with Crippen LogP contribution in [0.15, 0.2) is 79.1 Å². The molecule has 216 valence electrons. The second kappa shape index (κ2) is 10.3. The van der Waals surface area contributed by atoms with Crippen LogP contribution in [0.3, 0.4) is 0 Å². The predicted octanol–water partition coefficient (Wildman–Crippen LogP) is 4.02. The number of aromatic nitrogens is 2. The SMILES string of the molecule is O=C1C2C(c3cccc(OC(F)(F)F)c3)NC(Cc3c[nH]c4ccccc34)(C(=O)O)C2C(=O)N1CCc1ccccn1. The molecule has 2 aliphatic rings. The number of carboxylic acid groups (broad SMARTS) is 1. The number of imide groups is 1. The molecule has 3 N–H and O–H groups in total. The molecule has 0 aliphatic carbocycles. The number of amides is 2. The molecule has 6 rings (SSSR count). The van der Waals surface area contributed by atoms with Gasteiger partial charge < -0.3 is 14.8 Å². The van der Waals surface area contributed by atoms with Crippen molar-refractivity contribution >= 4 is 28.7 Å². The zero-order valence-corrected chi connectivity index (χ0v) is 22.0. The molecule has 4 unspecified atom stereocenters. The van der Waals surface area contributed by atoms with Gasteiger partial charge in [-0.15, -0.1) is 13.2 Å². The van der Waals surface area contributed by atoms with Crippen molar-refractivity contribution in [2.75, 3.05) is 6.54 Å². The fourth-order valence-electron chi connectivity index (χ4n) is 6.26. The molecule has 4 heterocycles. The molecule has 12 heteroatoms. The number of hydrogen-bond acceptors (Lipinski definition) is 6. The number of carbonyl (C=O) groups excluding carboxylic acids is 2. The maximum Gasteiger partial charge on any atom is 0.573 e. The monoisotopic (exact) mass is 578 g/mol. The number of para-hydroxylation sites is 1. The highest BCUT2D eigenvalue weighted by molar-refractivity contribution is 6.09. The van der Waals surface area contributed by atoms with Gasteiger partial charge in [-0.05, 0) is 41.5 Å². The van der Waals surface area contributed by atoms with Crippen LogP contribution in [0.4, 0.5) is 13.2 Å². The highest BCUT2D eigenvalue weighted by Gasteiger charge is 2.68. The van der Waals surface area contributed by atoms with Crippen LogP contribution in [0, 0.1) is 11.8 Å². The Kier molecular flexibility index (Phi) is 6.72. The highest BCUT2D eigenvalue weighted by Crippen LogP contribution is 2.50. The van der Waals surface area contributed by atoms with E-state index in [0.717, 1.165) is 27.9 Å². The summed E-state index contributed by atoms with van der Waals surface area (Å²) in [6.07, 6.45) is -1.60. The number of aliphatic carboxylic acids is 1. The number of H-pyrrole nitrogens is 1. The van der Waals surface area contributed by atoms with E-state index in [0.29, 0.717) is 11.3 Å². The number of ether oxygens (including phenoxy) is 1.